The lowest BCUT2D eigenvalue weighted by atomic mass is 10.1. The molecule has 1 aromatic carbocycles. The van der Waals surface area contributed by atoms with E-state index in [-0.39, 0.29) is 24.5 Å². The summed E-state index contributed by atoms with van der Waals surface area (Å²) in [5.74, 6) is 0. The van der Waals surface area contributed by atoms with Gasteiger partial charge in [0.25, 0.3) is 0 Å². The van der Waals surface area contributed by atoms with E-state index in [1.54, 1.807) is 0 Å². The Morgan fingerprint density at radius 3 is 3.06 bits per heavy atom. The van der Waals surface area contributed by atoms with Crippen LogP contribution in [0.5, 0.6) is 0 Å². The van der Waals surface area contributed by atoms with Crippen molar-refractivity contribution in [1.82, 2.24) is 0 Å². The first kappa shape index (κ1) is 15.1. The highest BCUT2D eigenvalue weighted by Crippen LogP contribution is 2.15. The SMILES string of the molecule is Clc1cc[c]([Mg][Br])c(CCOC2CCCCO2)c1. The average Bonchev–Trinajstić information content (AvgIpc) is 2.40. The summed E-state index contributed by atoms with van der Waals surface area (Å²) in [6.07, 6.45) is 4.31. The summed E-state index contributed by atoms with van der Waals surface area (Å²) in [5.41, 5.74) is 1.31. The largest absolute Gasteiger partial charge is 0.507 e. The number of halogens is 2. The van der Waals surface area contributed by atoms with Crippen LogP contribution in [0.1, 0.15) is 24.8 Å². The van der Waals surface area contributed by atoms with Crippen molar-refractivity contribution in [2.75, 3.05) is 13.2 Å². The summed E-state index contributed by atoms with van der Waals surface area (Å²) in [5, 5.41) is 0.803. The van der Waals surface area contributed by atoms with Crippen LogP contribution < -0.4 is 3.69 Å². The first-order chi connectivity index (χ1) is 8.79. The molecular formula is C13H16BrClMgO2. The quantitative estimate of drug-likeness (QED) is 0.765. The van der Waals surface area contributed by atoms with Gasteiger partial charge in [-0.05, 0) is 37.8 Å². The number of ether oxygens (including phenoxy) is 2. The van der Waals surface area contributed by atoms with Crippen molar-refractivity contribution < 1.29 is 9.47 Å². The predicted molar refractivity (Wildman–Crippen MR) is 79.0 cm³/mol. The smallest absolute Gasteiger partial charge is 0.353 e. The maximum atomic E-state index is 6.04. The minimum Gasteiger partial charge on any atom is -0.353 e. The summed E-state index contributed by atoms with van der Waals surface area (Å²) in [6.45, 7) is 1.54. The van der Waals surface area contributed by atoms with Gasteiger partial charge in [0, 0.05) is 11.6 Å². The Labute approximate surface area is 129 Å². The number of benzene rings is 1. The summed E-state index contributed by atoms with van der Waals surface area (Å²) in [4.78, 5) is 0. The number of hydrogen-bond donors (Lipinski definition) is 0. The maximum Gasteiger partial charge on any atom is 0.507 e. The molecule has 2 rings (SSSR count). The van der Waals surface area contributed by atoms with Crippen LogP contribution in [-0.2, 0) is 15.9 Å². The van der Waals surface area contributed by atoms with E-state index in [0.717, 1.165) is 30.9 Å². The van der Waals surface area contributed by atoms with Crippen molar-refractivity contribution in [1.29, 1.82) is 0 Å². The van der Waals surface area contributed by atoms with Gasteiger partial charge >= 0.3 is 18.2 Å². The summed E-state index contributed by atoms with van der Waals surface area (Å²) < 4.78 is 12.7. The lowest BCUT2D eigenvalue weighted by Crippen LogP contribution is -2.24. The molecule has 0 bridgehead atoms. The van der Waals surface area contributed by atoms with Gasteiger partial charge < -0.3 is 9.47 Å². The second-order valence-corrected chi connectivity index (χ2v) is 7.61. The Kier molecular flexibility index (Phi) is 6.76. The highest BCUT2D eigenvalue weighted by atomic mass is 79.9. The van der Waals surface area contributed by atoms with Crippen molar-refractivity contribution in [3.8, 4) is 0 Å². The molecular weight excluding hydrogens is 328 g/mol. The third kappa shape index (κ3) is 4.65. The molecule has 1 aliphatic rings. The summed E-state index contributed by atoms with van der Waals surface area (Å²) >= 11 is 9.33. The van der Waals surface area contributed by atoms with E-state index in [0.29, 0.717) is 6.61 Å². The van der Waals surface area contributed by atoms with Gasteiger partial charge in [0.2, 0.25) is 0 Å². The van der Waals surface area contributed by atoms with Gasteiger partial charge in [-0.1, -0.05) is 23.2 Å². The van der Waals surface area contributed by atoms with E-state index >= 15 is 0 Å². The molecule has 1 atom stereocenters. The van der Waals surface area contributed by atoms with Crippen molar-refractivity contribution in [2.24, 2.45) is 0 Å². The van der Waals surface area contributed by atoms with E-state index in [1.807, 2.05) is 6.07 Å². The van der Waals surface area contributed by atoms with Crippen LogP contribution in [0.25, 0.3) is 0 Å². The van der Waals surface area contributed by atoms with Crippen molar-refractivity contribution >= 4 is 46.4 Å². The molecule has 0 radical (unpaired) electrons. The molecule has 18 heavy (non-hydrogen) atoms. The molecule has 1 aliphatic heterocycles. The molecule has 96 valence electrons. The monoisotopic (exact) mass is 342 g/mol. The molecule has 0 spiro atoms. The minimum atomic E-state index is -0.338. The maximum absolute atomic E-state index is 6.04. The fraction of sp³-hybridized carbons (Fsp3) is 0.538. The molecule has 1 heterocycles. The van der Waals surface area contributed by atoms with E-state index in [2.05, 4.69) is 25.0 Å². The molecule has 1 saturated heterocycles. The molecule has 1 aromatic rings. The van der Waals surface area contributed by atoms with E-state index in [9.17, 15) is 0 Å². The van der Waals surface area contributed by atoms with Gasteiger partial charge in [-0.15, -0.1) is 3.69 Å². The molecule has 5 heteroatoms. The van der Waals surface area contributed by atoms with Crippen LogP contribution in [0, 0.1) is 0 Å². The normalized spacial score (nSPS) is 19.6. The average molecular weight is 344 g/mol. The third-order valence-electron chi connectivity index (χ3n) is 3.13. The van der Waals surface area contributed by atoms with Gasteiger partial charge in [0.1, 0.15) is 0 Å². The fourth-order valence-corrected chi connectivity index (χ4v) is 4.59. The van der Waals surface area contributed by atoms with Crippen LogP contribution >= 0.6 is 24.5 Å². The first-order valence-electron chi connectivity index (χ1n) is 6.36. The zero-order chi connectivity index (χ0) is 12.8. The molecule has 0 aliphatic carbocycles. The van der Waals surface area contributed by atoms with E-state index in [4.69, 9.17) is 21.1 Å². The summed E-state index contributed by atoms with van der Waals surface area (Å²) in [7, 11) is 0. The van der Waals surface area contributed by atoms with Gasteiger partial charge in [-0.2, -0.15) is 0 Å². The molecule has 1 fully saturated rings. The zero-order valence-corrected chi connectivity index (χ0v) is 14.1. The summed E-state index contributed by atoms with van der Waals surface area (Å²) in [6, 6.07) is 6.13. The van der Waals surface area contributed by atoms with Crippen LogP contribution in [0.2, 0.25) is 5.02 Å². The van der Waals surface area contributed by atoms with Crippen molar-refractivity contribution in [3.63, 3.8) is 0 Å². The molecule has 0 aromatic heterocycles. The van der Waals surface area contributed by atoms with Crippen molar-refractivity contribution in [2.45, 2.75) is 32.0 Å². The van der Waals surface area contributed by atoms with Crippen LogP contribution in [0.4, 0.5) is 0 Å². The van der Waals surface area contributed by atoms with Gasteiger partial charge in [-0.25, -0.2) is 0 Å². The van der Waals surface area contributed by atoms with Gasteiger partial charge in [-0.3, -0.25) is 12.9 Å². The first-order valence-corrected chi connectivity index (χ1v) is 11.3. The standard InChI is InChI=1S/C13H16ClO2.BrH.Mg/c14-12-5-3-4-11(10-12)7-9-16-13-6-1-2-8-15-13;;/h3,5,10,13H,1-2,6-9H2;1H;/q;;+1/p-1. The van der Waals surface area contributed by atoms with Crippen LogP contribution in [0.15, 0.2) is 18.2 Å². The van der Waals surface area contributed by atoms with E-state index < -0.39 is 0 Å². The Morgan fingerprint density at radius 1 is 1.44 bits per heavy atom. The Hall–Kier alpha value is 0.676. The fourth-order valence-electron chi connectivity index (χ4n) is 2.10. The Bertz CT molecular complexity index is 383. The molecule has 2 nitrogen and oxygen atoms in total. The second kappa shape index (κ2) is 8.07. The van der Waals surface area contributed by atoms with Gasteiger partial charge in [0.05, 0.1) is 6.61 Å². The van der Waals surface area contributed by atoms with E-state index in [1.165, 1.54) is 15.7 Å². The topological polar surface area (TPSA) is 18.5 Å². The lowest BCUT2D eigenvalue weighted by molar-refractivity contribution is -0.161. The van der Waals surface area contributed by atoms with Crippen LogP contribution in [0.3, 0.4) is 0 Å². The van der Waals surface area contributed by atoms with Crippen LogP contribution in [-0.4, -0.2) is 37.7 Å². The Morgan fingerprint density at radius 2 is 2.33 bits per heavy atom. The molecule has 1 unspecified atom stereocenters. The van der Waals surface area contributed by atoms with Crippen molar-refractivity contribution in [3.05, 3.63) is 28.8 Å². The molecule has 0 N–H and O–H groups in total. The lowest BCUT2D eigenvalue weighted by Gasteiger charge is -2.22. The second-order valence-electron chi connectivity index (χ2n) is 4.46. The predicted octanol–water partition coefficient (Wildman–Crippen LogP) is 3.07. The van der Waals surface area contributed by atoms with Gasteiger partial charge in [0.15, 0.2) is 6.29 Å². The molecule has 0 saturated carbocycles. The third-order valence-corrected chi connectivity index (χ3v) is 6.15. The zero-order valence-electron chi connectivity index (χ0n) is 10.3. The minimum absolute atomic E-state index is 0.00241. The number of rotatable bonds is 5. The molecule has 0 amide bonds. The highest BCUT2D eigenvalue weighted by molar-refractivity contribution is 9.23. The highest BCUT2D eigenvalue weighted by Gasteiger charge is 2.14. The Balaban J connectivity index is 1.83. The number of hydrogen-bond acceptors (Lipinski definition) is 2.